The number of amides is 1. The van der Waals surface area contributed by atoms with Crippen molar-refractivity contribution in [1.82, 2.24) is 19.9 Å². The highest BCUT2D eigenvalue weighted by atomic mass is 32.1. The van der Waals surface area contributed by atoms with E-state index in [1.54, 1.807) is 40.7 Å². The fourth-order valence-electron chi connectivity index (χ4n) is 3.38. The van der Waals surface area contributed by atoms with E-state index in [9.17, 15) is 13.6 Å². The Hall–Kier alpha value is -3.53. The van der Waals surface area contributed by atoms with Gasteiger partial charge in [-0.25, -0.2) is 13.8 Å². The highest BCUT2D eigenvalue weighted by Crippen LogP contribution is 2.34. The number of carbonyl (C=O) groups excluding carboxylic acids is 1. The third-order valence-electron chi connectivity index (χ3n) is 4.87. The maximum Gasteiger partial charge on any atom is 0.239 e. The molecule has 0 radical (unpaired) electrons. The number of carbonyl (C=O) groups is 1. The van der Waals surface area contributed by atoms with Crippen LogP contribution >= 0.6 is 11.3 Å². The normalized spacial score (nSPS) is 11.6. The van der Waals surface area contributed by atoms with Gasteiger partial charge in [0.1, 0.15) is 17.3 Å². The number of rotatable bonds is 7. The molecule has 0 saturated carbocycles. The summed E-state index contributed by atoms with van der Waals surface area (Å²) in [5.41, 5.74) is 1.66. The maximum atomic E-state index is 13.9. The summed E-state index contributed by atoms with van der Waals surface area (Å²) in [6.07, 6.45) is 0. The van der Waals surface area contributed by atoms with Crippen LogP contribution < -0.4 is 15.5 Å². The number of nitrogens with zero attached hydrogens (tertiary/aromatic N) is 4. The first-order valence-corrected chi connectivity index (χ1v) is 11.6. The molecule has 1 amide bonds. The molecular weight excluding hydrogens is 458 g/mol. The molecule has 2 aromatic heterocycles. The second kappa shape index (κ2) is 9.38. The standard InChI is InChI=1S/C24H26F2N6OS/c1-24(2,3)29-21-20(16-8-6-10-18(26)12-16)28-22-32(21)30-23(34-22)31(4)14-19(33)27-13-15-7-5-9-17(25)11-15/h5-12,29H,13-14H2,1-4H3,(H,27,33). The lowest BCUT2D eigenvalue weighted by molar-refractivity contribution is -0.119. The minimum atomic E-state index is -0.340. The molecule has 0 atom stereocenters. The van der Waals surface area contributed by atoms with Crippen LogP contribution in [-0.4, -0.2) is 39.6 Å². The van der Waals surface area contributed by atoms with Gasteiger partial charge in [0.25, 0.3) is 0 Å². The molecule has 0 bridgehead atoms. The van der Waals surface area contributed by atoms with Gasteiger partial charge in [-0.05, 0) is 50.6 Å². The molecule has 0 saturated heterocycles. The van der Waals surface area contributed by atoms with E-state index >= 15 is 0 Å². The van der Waals surface area contributed by atoms with Gasteiger partial charge >= 0.3 is 0 Å². The van der Waals surface area contributed by atoms with Gasteiger partial charge in [0, 0.05) is 24.7 Å². The van der Waals surface area contributed by atoms with Crippen LogP contribution in [-0.2, 0) is 11.3 Å². The van der Waals surface area contributed by atoms with E-state index in [0.29, 0.717) is 32.7 Å². The summed E-state index contributed by atoms with van der Waals surface area (Å²) >= 11 is 1.33. The quantitative estimate of drug-likeness (QED) is 0.398. The minimum Gasteiger partial charge on any atom is -0.364 e. The van der Waals surface area contributed by atoms with Gasteiger partial charge in [0.15, 0.2) is 5.82 Å². The van der Waals surface area contributed by atoms with E-state index in [-0.39, 0.29) is 36.2 Å². The summed E-state index contributed by atoms with van der Waals surface area (Å²) in [5, 5.41) is 11.5. The van der Waals surface area contributed by atoms with Crippen molar-refractivity contribution in [3.8, 4) is 11.3 Å². The van der Waals surface area contributed by atoms with E-state index in [1.807, 2.05) is 20.8 Å². The summed E-state index contributed by atoms with van der Waals surface area (Å²) in [6.45, 7) is 6.37. The Morgan fingerprint density at radius 3 is 2.50 bits per heavy atom. The van der Waals surface area contributed by atoms with E-state index in [0.717, 1.165) is 0 Å². The molecular formula is C24H26F2N6OS. The van der Waals surface area contributed by atoms with Crippen LogP contribution in [0.5, 0.6) is 0 Å². The molecule has 0 aliphatic carbocycles. The average molecular weight is 485 g/mol. The van der Waals surface area contributed by atoms with Gasteiger partial charge in [-0.2, -0.15) is 4.52 Å². The van der Waals surface area contributed by atoms with Gasteiger partial charge in [-0.1, -0.05) is 35.6 Å². The summed E-state index contributed by atoms with van der Waals surface area (Å²) in [5.74, 6) is -0.242. The second-order valence-electron chi connectivity index (χ2n) is 9.04. The van der Waals surface area contributed by atoms with E-state index in [4.69, 9.17) is 4.98 Å². The number of hydrogen-bond donors (Lipinski definition) is 2. The first-order chi connectivity index (χ1) is 16.1. The Morgan fingerprint density at radius 1 is 1.12 bits per heavy atom. The number of benzene rings is 2. The summed E-state index contributed by atoms with van der Waals surface area (Å²) < 4.78 is 28.9. The van der Waals surface area contributed by atoms with Gasteiger partial charge in [-0.3, -0.25) is 4.79 Å². The second-order valence-corrected chi connectivity index (χ2v) is 9.97. The molecule has 178 valence electrons. The van der Waals surface area contributed by atoms with Gasteiger partial charge in [0.05, 0.1) is 6.54 Å². The van der Waals surface area contributed by atoms with Crippen molar-refractivity contribution in [1.29, 1.82) is 0 Å². The van der Waals surface area contributed by atoms with Crippen LogP contribution in [0.2, 0.25) is 0 Å². The number of aromatic nitrogens is 3. The smallest absolute Gasteiger partial charge is 0.239 e. The van der Waals surface area contributed by atoms with Crippen LogP contribution in [0.3, 0.4) is 0 Å². The van der Waals surface area contributed by atoms with Crippen molar-refractivity contribution in [2.45, 2.75) is 32.9 Å². The third kappa shape index (κ3) is 5.51. The topological polar surface area (TPSA) is 74.6 Å². The molecule has 2 N–H and O–H groups in total. The van der Waals surface area contributed by atoms with Gasteiger partial charge < -0.3 is 15.5 Å². The number of fused-ring (bicyclic) bond motifs is 1. The summed E-state index contributed by atoms with van der Waals surface area (Å²) in [7, 11) is 1.77. The predicted molar refractivity (Wildman–Crippen MR) is 131 cm³/mol. The number of hydrogen-bond acceptors (Lipinski definition) is 6. The lowest BCUT2D eigenvalue weighted by Crippen LogP contribution is -2.34. The van der Waals surface area contributed by atoms with Crippen molar-refractivity contribution in [3.05, 3.63) is 65.7 Å². The first kappa shape index (κ1) is 23.6. The largest absolute Gasteiger partial charge is 0.364 e. The number of likely N-dealkylation sites (N-methyl/N-ethyl adjacent to an activating group) is 1. The van der Waals surface area contributed by atoms with Crippen LogP contribution in [0.15, 0.2) is 48.5 Å². The average Bonchev–Trinajstić information content (AvgIpc) is 3.31. The first-order valence-electron chi connectivity index (χ1n) is 10.7. The monoisotopic (exact) mass is 484 g/mol. The highest BCUT2D eigenvalue weighted by Gasteiger charge is 2.23. The zero-order valence-electron chi connectivity index (χ0n) is 19.4. The zero-order chi connectivity index (χ0) is 24.5. The Bertz CT molecular complexity index is 1330. The van der Waals surface area contributed by atoms with E-state index in [1.165, 1.54) is 35.6 Å². The molecule has 10 heteroatoms. The van der Waals surface area contributed by atoms with Crippen molar-refractivity contribution >= 4 is 33.2 Å². The van der Waals surface area contributed by atoms with Crippen LogP contribution in [0.25, 0.3) is 16.2 Å². The predicted octanol–water partition coefficient (Wildman–Crippen LogP) is 4.70. The number of imidazole rings is 1. The van der Waals surface area contributed by atoms with Crippen molar-refractivity contribution in [2.24, 2.45) is 0 Å². The number of anilines is 2. The third-order valence-corrected chi connectivity index (χ3v) is 5.89. The molecule has 2 heterocycles. The fraction of sp³-hybridized carbons (Fsp3) is 0.292. The molecule has 34 heavy (non-hydrogen) atoms. The zero-order valence-corrected chi connectivity index (χ0v) is 20.2. The molecule has 0 aliphatic rings. The molecule has 4 aromatic rings. The molecule has 0 unspecified atom stereocenters. The molecule has 0 aliphatic heterocycles. The molecule has 0 spiro atoms. The Balaban J connectivity index is 1.54. The van der Waals surface area contributed by atoms with Crippen molar-refractivity contribution in [2.75, 3.05) is 23.8 Å². The van der Waals surface area contributed by atoms with E-state index < -0.39 is 0 Å². The Kier molecular flexibility index (Phi) is 6.52. The lowest BCUT2D eigenvalue weighted by Gasteiger charge is -2.22. The molecule has 0 fully saturated rings. The molecule has 4 rings (SSSR count). The van der Waals surface area contributed by atoms with Crippen LogP contribution in [0, 0.1) is 11.6 Å². The van der Waals surface area contributed by atoms with Crippen molar-refractivity contribution in [3.63, 3.8) is 0 Å². The SMILES string of the molecule is CN(CC(=O)NCc1cccc(F)c1)c1nn2c(NC(C)(C)C)c(-c3cccc(F)c3)nc2s1. The minimum absolute atomic E-state index is 0.0742. The van der Waals surface area contributed by atoms with Crippen LogP contribution in [0.4, 0.5) is 19.7 Å². The summed E-state index contributed by atoms with van der Waals surface area (Å²) in [4.78, 5) is 19.5. The maximum absolute atomic E-state index is 13.9. The number of nitrogens with one attached hydrogen (secondary N) is 2. The molecule has 2 aromatic carbocycles. The van der Waals surface area contributed by atoms with E-state index in [2.05, 4.69) is 15.7 Å². The van der Waals surface area contributed by atoms with Gasteiger partial charge in [-0.15, -0.1) is 5.10 Å². The lowest BCUT2D eigenvalue weighted by atomic mass is 10.1. The fourth-order valence-corrected chi connectivity index (χ4v) is 4.25. The Morgan fingerprint density at radius 2 is 1.82 bits per heavy atom. The Labute approximate surface area is 200 Å². The molecule has 7 nitrogen and oxygen atoms in total. The van der Waals surface area contributed by atoms with Crippen molar-refractivity contribution < 1.29 is 13.6 Å². The summed E-state index contributed by atoms with van der Waals surface area (Å²) in [6, 6.07) is 12.4. The number of halogens is 2. The highest BCUT2D eigenvalue weighted by molar-refractivity contribution is 7.20. The van der Waals surface area contributed by atoms with Gasteiger partial charge in [0.2, 0.25) is 16.0 Å². The van der Waals surface area contributed by atoms with Crippen LogP contribution in [0.1, 0.15) is 26.3 Å².